The number of ether oxygens (including phenoxy) is 1. The number of piperidine rings is 1. The maximum Gasteiger partial charge on any atom is 0.254 e. The van der Waals surface area contributed by atoms with E-state index in [0.717, 1.165) is 68.0 Å². The molecule has 1 aromatic heterocycles. The molecule has 5 rings (SSSR count). The number of H-pyrrole nitrogens is 1. The normalized spacial score (nSPS) is 16.9. The van der Waals surface area contributed by atoms with Crippen LogP contribution in [0.15, 0.2) is 53.6 Å². The van der Waals surface area contributed by atoms with Gasteiger partial charge < -0.3 is 19.5 Å². The molecule has 3 aromatic rings. The minimum atomic E-state index is 0.0655. The van der Waals surface area contributed by atoms with Gasteiger partial charge in [0.15, 0.2) is 0 Å². The number of likely N-dealkylation sites (tertiary alicyclic amines) is 2. The molecule has 0 aliphatic carbocycles. The van der Waals surface area contributed by atoms with Gasteiger partial charge in [0.2, 0.25) is 5.91 Å². The van der Waals surface area contributed by atoms with E-state index < -0.39 is 0 Å². The first-order valence-electron chi connectivity index (χ1n) is 12.1. The number of fused-ring (bicyclic) bond motifs is 1. The molecular formula is C27H31N3O3S. The topological polar surface area (TPSA) is 65.6 Å². The van der Waals surface area contributed by atoms with Gasteiger partial charge in [-0.15, -0.1) is 11.8 Å². The Morgan fingerprint density at radius 1 is 1.03 bits per heavy atom. The molecule has 2 aliphatic heterocycles. The summed E-state index contributed by atoms with van der Waals surface area (Å²) in [6, 6.07) is 13.8. The number of nitrogens with zero attached hydrogens (tertiary/aromatic N) is 2. The third kappa shape index (κ3) is 4.67. The van der Waals surface area contributed by atoms with Gasteiger partial charge in [-0.25, -0.2) is 0 Å². The molecule has 6 nitrogen and oxygen atoms in total. The maximum atomic E-state index is 13.4. The number of rotatable bonds is 6. The summed E-state index contributed by atoms with van der Waals surface area (Å²) >= 11 is 1.48. The second-order valence-electron chi connectivity index (χ2n) is 9.09. The van der Waals surface area contributed by atoms with Gasteiger partial charge in [-0.1, -0.05) is 12.1 Å². The molecule has 0 bridgehead atoms. The highest BCUT2D eigenvalue weighted by atomic mass is 32.2. The van der Waals surface area contributed by atoms with E-state index in [1.54, 1.807) is 7.11 Å². The van der Waals surface area contributed by atoms with Crippen LogP contribution in [-0.4, -0.2) is 65.6 Å². The molecule has 2 aliphatic rings. The molecule has 2 aromatic carbocycles. The average Bonchev–Trinajstić information content (AvgIpc) is 3.57. The lowest BCUT2D eigenvalue weighted by atomic mass is 9.89. The zero-order valence-electron chi connectivity index (χ0n) is 19.6. The first kappa shape index (κ1) is 22.8. The summed E-state index contributed by atoms with van der Waals surface area (Å²) in [4.78, 5) is 34.1. The maximum absolute atomic E-state index is 13.4. The minimum Gasteiger partial charge on any atom is -0.497 e. The fourth-order valence-electron chi connectivity index (χ4n) is 5.12. The van der Waals surface area contributed by atoms with Crippen molar-refractivity contribution in [1.82, 2.24) is 14.8 Å². The molecule has 34 heavy (non-hydrogen) atoms. The molecule has 0 unspecified atom stereocenters. The molecule has 0 atom stereocenters. The van der Waals surface area contributed by atoms with Crippen molar-refractivity contribution >= 4 is 34.5 Å². The zero-order valence-corrected chi connectivity index (χ0v) is 20.4. The van der Waals surface area contributed by atoms with Gasteiger partial charge in [0.05, 0.1) is 18.4 Å². The second-order valence-corrected chi connectivity index (χ2v) is 10.1. The van der Waals surface area contributed by atoms with Crippen LogP contribution in [0.25, 0.3) is 10.9 Å². The monoisotopic (exact) mass is 477 g/mol. The standard InChI is InChI=1S/C27H31N3O3S/c1-33-20-8-9-24-22(16-20)23(17-28-24)19-10-14-30(15-11-19)27(32)21-6-2-3-7-25(21)34-18-26(31)29-12-4-5-13-29/h2-3,6-9,16-17,19,28H,4-5,10-15,18H2,1H3. The van der Waals surface area contributed by atoms with E-state index in [2.05, 4.69) is 23.3 Å². The van der Waals surface area contributed by atoms with Crippen LogP contribution < -0.4 is 4.74 Å². The zero-order chi connectivity index (χ0) is 23.5. The van der Waals surface area contributed by atoms with Crippen molar-refractivity contribution in [3.05, 3.63) is 59.8 Å². The molecule has 0 saturated carbocycles. The van der Waals surface area contributed by atoms with Gasteiger partial charge >= 0.3 is 0 Å². The van der Waals surface area contributed by atoms with Crippen LogP contribution in [0.3, 0.4) is 0 Å². The molecule has 178 valence electrons. The van der Waals surface area contributed by atoms with Crippen molar-refractivity contribution in [3.8, 4) is 5.75 Å². The van der Waals surface area contributed by atoms with Gasteiger partial charge in [0, 0.05) is 48.2 Å². The van der Waals surface area contributed by atoms with Gasteiger partial charge in [-0.2, -0.15) is 0 Å². The Balaban J connectivity index is 1.24. The van der Waals surface area contributed by atoms with E-state index >= 15 is 0 Å². The molecule has 7 heteroatoms. The highest BCUT2D eigenvalue weighted by molar-refractivity contribution is 8.00. The number of amides is 2. The summed E-state index contributed by atoms with van der Waals surface area (Å²) in [5.74, 6) is 1.89. The molecule has 0 spiro atoms. The SMILES string of the molecule is COc1ccc2[nH]cc(C3CCN(C(=O)c4ccccc4SCC(=O)N4CCCC4)CC3)c2c1. The molecular weight excluding hydrogens is 446 g/mol. The average molecular weight is 478 g/mol. The fourth-order valence-corrected chi connectivity index (χ4v) is 6.06. The van der Waals surface area contributed by atoms with Crippen LogP contribution in [0, 0.1) is 0 Å². The van der Waals surface area contributed by atoms with Gasteiger partial charge in [-0.05, 0) is 67.5 Å². The summed E-state index contributed by atoms with van der Waals surface area (Å²) in [6.07, 6.45) is 6.15. The molecule has 3 heterocycles. The van der Waals surface area contributed by atoms with Crippen LogP contribution in [0.1, 0.15) is 47.5 Å². The number of hydrogen-bond acceptors (Lipinski definition) is 4. The molecule has 2 amide bonds. The van der Waals surface area contributed by atoms with Crippen LogP contribution in [0.5, 0.6) is 5.75 Å². The van der Waals surface area contributed by atoms with Crippen LogP contribution in [-0.2, 0) is 4.79 Å². The van der Waals surface area contributed by atoms with E-state index in [4.69, 9.17) is 4.74 Å². The van der Waals surface area contributed by atoms with E-state index in [1.165, 1.54) is 22.7 Å². The number of carbonyl (C=O) groups excluding carboxylic acids is 2. The second kappa shape index (κ2) is 10.1. The Hall–Kier alpha value is -2.93. The first-order valence-corrected chi connectivity index (χ1v) is 13.1. The lowest BCUT2D eigenvalue weighted by Crippen LogP contribution is -2.38. The number of aromatic nitrogens is 1. The molecule has 2 fully saturated rings. The van der Waals surface area contributed by atoms with E-state index in [-0.39, 0.29) is 11.8 Å². The number of hydrogen-bond donors (Lipinski definition) is 1. The van der Waals surface area contributed by atoms with Crippen molar-refractivity contribution in [3.63, 3.8) is 0 Å². The van der Waals surface area contributed by atoms with E-state index in [0.29, 0.717) is 17.2 Å². The summed E-state index contributed by atoms with van der Waals surface area (Å²) in [6.45, 7) is 3.17. The van der Waals surface area contributed by atoms with Crippen molar-refractivity contribution in [1.29, 1.82) is 0 Å². The van der Waals surface area contributed by atoms with Crippen molar-refractivity contribution in [2.45, 2.75) is 36.5 Å². The van der Waals surface area contributed by atoms with Crippen LogP contribution in [0.2, 0.25) is 0 Å². The molecule has 0 radical (unpaired) electrons. The van der Waals surface area contributed by atoms with Gasteiger partial charge in [0.25, 0.3) is 5.91 Å². The van der Waals surface area contributed by atoms with Crippen LogP contribution >= 0.6 is 11.8 Å². The Morgan fingerprint density at radius 3 is 2.56 bits per heavy atom. The predicted octanol–water partition coefficient (Wildman–Crippen LogP) is 4.91. The summed E-state index contributed by atoms with van der Waals surface area (Å²) < 4.78 is 5.41. The fraction of sp³-hybridized carbons (Fsp3) is 0.407. The van der Waals surface area contributed by atoms with Crippen LogP contribution in [0.4, 0.5) is 0 Å². The van der Waals surface area contributed by atoms with Crippen molar-refractivity contribution in [2.24, 2.45) is 0 Å². The first-order chi connectivity index (χ1) is 16.6. The van der Waals surface area contributed by atoms with Gasteiger partial charge in [0.1, 0.15) is 5.75 Å². The highest BCUT2D eigenvalue weighted by Crippen LogP contribution is 2.35. The number of benzene rings is 2. The third-order valence-corrected chi connectivity index (χ3v) is 8.13. The molecule has 1 N–H and O–H groups in total. The lowest BCUT2D eigenvalue weighted by molar-refractivity contribution is -0.127. The van der Waals surface area contributed by atoms with Crippen molar-refractivity contribution in [2.75, 3.05) is 39.0 Å². The smallest absolute Gasteiger partial charge is 0.254 e. The summed E-state index contributed by atoms with van der Waals surface area (Å²) in [5, 5.41) is 1.20. The minimum absolute atomic E-state index is 0.0655. The lowest BCUT2D eigenvalue weighted by Gasteiger charge is -2.32. The number of thioether (sulfide) groups is 1. The van der Waals surface area contributed by atoms with Gasteiger partial charge in [-0.3, -0.25) is 9.59 Å². The number of aromatic amines is 1. The Bertz CT molecular complexity index is 1180. The molecule has 2 saturated heterocycles. The largest absolute Gasteiger partial charge is 0.497 e. The number of methoxy groups -OCH3 is 1. The third-order valence-electron chi connectivity index (χ3n) is 7.07. The summed E-state index contributed by atoms with van der Waals surface area (Å²) in [7, 11) is 1.69. The quantitative estimate of drug-likeness (QED) is 0.513. The summed E-state index contributed by atoms with van der Waals surface area (Å²) in [5.41, 5.74) is 3.12. The Morgan fingerprint density at radius 2 is 1.79 bits per heavy atom. The number of carbonyl (C=O) groups is 2. The predicted molar refractivity (Wildman–Crippen MR) is 136 cm³/mol. The van der Waals surface area contributed by atoms with E-state index in [1.807, 2.05) is 40.1 Å². The number of nitrogens with one attached hydrogen (secondary N) is 1. The Kier molecular flexibility index (Phi) is 6.81. The highest BCUT2D eigenvalue weighted by Gasteiger charge is 2.27. The Labute approximate surface area is 204 Å². The van der Waals surface area contributed by atoms with Crippen molar-refractivity contribution < 1.29 is 14.3 Å². The van der Waals surface area contributed by atoms with E-state index in [9.17, 15) is 9.59 Å².